The molecule has 0 heterocycles. The summed E-state index contributed by atoms with van der Waals surface area (Å²) in [5, 5.41) is 61.2. The maximum Gasteiger partial charge on any atom is 0.328 e. The lowest BCUT2D eigenvalue weighted by Gasteiger charge is -2.29. The molecule has 0 rings (SSSR count). The van der Waals surface area contributed by atoms with Crippen molar-refractivity contribution in [1.29, 1.82) is 0 Å². The van der Waals surface area contributed by atoms with Gasteiger partial charge in [0.25, 0.3) is 0 Å². The quantitative estimate of drug-likeness (QED) is 0.0541. The smallest absolute Gasteiger partial charge is 0.328 e. The second kappa shape index (κ2) is 21.1. The predicted octanol–water partition coefficient (Wildman–Crippen LogP) is -5.22. The van der Waals surface area contributed by atoms with Crippen molar-refractivity contribution in [3.8, 4) is 0 Å². The highest BCUT2D eigenvalue weighted by Gasteiger charge is 2.35. The maximum absolute atomic E-state index is 13.4. The van der Waals surface area contributed by atoms with Crippen LogP contribution in [0.4, 0.5) is 0 Å². The third kappa shape index (κ3) is 14.6. The van der Waals surface area contributed by atoms with Gasteiger partial charge in [-0.3, -0.25) is 28.8 Å². The van der Waals surface area contributed by atoms with Gasteiger partial charge in [0.05, 0.1) is 25.9 Å². The molecule has 0 aromatic carbocycles. The molecule has 0 aromatic rings. The Morgan fingerprint density at radius 2 is 1.06 bits per heavy atom. The lowest BCUT2D eigenvalue weighted by molar-refractivity contribution is -0.143. The van der Waals surface area contributed by atoms with Crippen molar-refractivity contribution >= 4 is 41.4 Å². The Morgan fingerprint density at radius 3 is 1.51 bits per heavy atom. The molecule has 0 radical (unpaired) electrons. The first-order valence-electron chi connectivity index (χ1n) is 15.2. The van der Waals surface area contributed by atoms with Crippen LogP contribution in [-0.4, -0.2) is 135 Å². The lowest BCUT2D eigenvalue weighted by Crippen LogP contribution is -2.62. The van der Waals surface area contributed by atoms with Crippen molar-refractivity contribution in [3.05, 3.63) is 0 Å². The van der Waals surface area contributed by atoms with E-state index in [1.165, 1.54) is 13.8 Å². The molecule has 0 aliphatic heterocycles. The average Bonchev–Trinajstić information content (AvgIpc) is 3.01. The van der Waals surface area contributed by atoms with Crippen molar-refractivity contribution in [2.45, 2.75) is 103 Å². The van der Waals surface area contributed by atoms with Crippen LogP contribution in [0.2, 0.25) is 0 Å². The molecule has 0 aliphatic carbocycles. The molecule has 0 aliphatic rings. The first kappa shape index (κ1) is 43.1. The van der Waals surface area contributed by atoms with Gasteiger partial charge in [-0.05, 0) is 32.1 Å². The van der Waals surface area contributed by atoms with Gasteiger partial charge in [0, 0.05) is 0 Å². The summed E-state index contributed by atoms with van der Waals surface area (Å²) in [5.41, 5.74) is 5.39. The molecule has 19 nitrogen and oxygen atoms in total. The van der Waals surface area contributed by atoms with Crippen molar-refractivity contribution in [2.75, 3.05) is 19.8 Å². The molecule has 9 atom stereocenters. The molecule has 0 saturated carbocycles. The van der Waals surface area contributed by atoms with Crippen LogP contribution in [-0.2, 0) is 33.6 Å². The topological polar surface area (TPSA) is 319 Å². The fourth-order valence-electron chi connectivity index (χ4n) is 3.99. The molecule has 6 amide bonds. The average molecular weight is 678 g/mol. The number of aliphatic carboxylic acids is 1. The zero-order valence-corrected chi connectivity index (χ0v) is 27.5. The molecule has 0 spiro atoms. The molecule has 0 aromatic heterocycles. The third-order valence-electron chi connectivity index (χ3n) is 7.09. The second-order valence-corrected chi connectivity index (χ2v) is 11.6. The van der Waals surface area contributed by atoms with Crippen molar-refractivity contribution in [3.63, 3.8) is 0 Å². The minimum Gasteiger partial charge on any atom is -0.480 e. The molecule has 0 bridgehead atoms. The van der Waals surface area contributed by atoms with E-state index in [2.05, 4.69) is 31.9 Å². The highest BCUT2D eigenvalue weighted by atomic mass is 16.4. The summed E-state index contributed by atoms with van der Waals surface area (Å²) in [6.07, 6.45) is -1.11. The summed E-state index contributed by atoms with van der Waals surface area (Å²) in [6.45, 7) is 6.74. The highest BCUT2D eigenvalue weighted by molar-refractivity contribution is 5.97. The minimum absolute atomic E-state index is 0.0418. The molecule has 0 saturated heterocycles. The Kier molecular flexibility index (Phi) is 19.3. The van der Waals surface area contributed by atoms with E-state index in [1.807, 2.05) is 0 Å². The van der Waals surface area contributed by atoms with E-state index in [9.17, 15) is 54.0 Å². The van der Waals surface area contributed by atoms with Gasteiger partial charge < -0.3 is 63.2 Å². The van der Waals surface area contributed by atoms with Gasteiger partial charge in [-0.25, -0.2) is 4.79 Å². The van der Waals surface area contributed by atoms with Crippen molar-refractivity contribution in [1.82, 2.24) is 31.9 Å². The number of amides is 6. The summed E-state index contributed by atoms with van der Waals surface area (Å²) < 4.78 is 0. The number of hydrogen-bond donors (Lipinski definition) is 12. The Hall–Kier alpha value is -3.91. The van der Waals surface area contributed by atoms with E-state index >= 15 is 0 Å². The Bertz CT molecular complexity index is 1090. The number of carboxylic acid groups (broad SMARTS) is 1. The summed E-state index contributed by atoms with van der Waals surface area (Å²) in [4.78, 5) is 88.1. The van der Waals surface area contributed by atoms with Crippen LogP contribution in [0.5, 0.6) is 0 Å². The van der Waals surface area contributed by atoms with E-state index in [4.69, 9.17) is 10.8 Å². The highest BCUT2D eigenvalue weighted by Crippen LogP contribution is 2.12. The normalized spacial score (nSPS) is 16.9. The monoisotopic (exact) mass is 677 g/mol. The first-order chi connectivity index (χ1) is 21.8. The number of rotatable bonds is 21. The number of carbonyl (C=O) groups excluding carboxylic acids is 6. The van der Waals surface area contributed by atoms with E-state index < -0.39 is 116 Å². The van der Waals surface area contributed by atoms with Gasteiger partial charge in [-0.1, -0.05) is 34.1 Å². The standard InChI is InChI=1S/C28H51N7O12/c1-7-13(4)20(26(44)33-19(11-38)28(46)47)34-24(42)17(8-12(2)3)31-27(45)21(15(6)39)35-25(43)18(10-37)32-22(40)14(5)30-23(41)16(29)9-36/h12-21,36-39H,7-11,29H2,1-6H3,(H,30,41)(H,31,45)(H,32,40)(H,33,44)(H,34,42)(H,35,43)(H,46,47)/t13-,14-,15+,16-,17-,18-,19-,20-,21-/m0/s1. The van der Waals surface area contributed by atoms with E-state index in [1.54, 1.807) is 27.7 Å². The summed E-state index contributed by atoms with van der Waals surface area (Å²) in [5.74, 6) is -7.75. The molecular formula is C28H51N7O12. The first-order valence-corrected chi connectivity index (χ1v) is 15.2. The Morgan fingerprint density at radius 1 is 0.596 bits per heavy atom. The van der Waals surface area contributed by atoms with Crippen LogP contribution >= 0.6 is 0 Å². The largest absolute Gasteiger partial charge is 0.480 e. The summed E-state index contributed by atoms with van der Waals surface area (Å²) in [6, 6.07) is -10.0. The van der Waals surface area contributed by atoms with Crippen LogP contribution in [0.25, 0.3) is 0 Å². The zero-order valence-electron chi connectivity index (χ0n) is 27.5. The van der Waals surface area contributed by atoms with E-state index in [0.717, 1.165) is 0 Å². The molecular weight excluding hydrogens is 626 g/mol. The minimum atomic E-state index is -1.69. The molecule has 19 heteroatoms. The van der Waals surface area contributed by atoms with Gasteiger partial charge in [-0.15, -0.1) is 0 Å². The molecule has 270 valence electrons. The van der Waals surface area contributed by atoms with E-state index in [0.29, 0.717) is 6.42 Å². The fourth-order valence-corrected chi connectivity index (χ4v) is 3.99. The Labute approximate surface area is 272 Å². The van der Waals surface area contributed by atoms with Crippen LogP contribution < -0.4 is 37.6 Å². The number of aliphatic hydroxyl groups excluding tert-OH is 4. The summed E-state index contributed by atoms with van der Waals surface area (Å²) >= 11 is 0. The van der Waals surface area contributed by atoms with Gasteiger partial charge in [0.15, 0.2) is 0 Å². The third-order valence-corrected chi connectivity index (χ3v) is 7.09. The van der Waals surface area contributed by atoms with Gasteiger partial charge in [0.2, 0.25) is 35.4 Å². The van der Waals surface area contributed by atoms with Crippen LogP contribution in [0, 0.1) is 11.8 Å². The number of hydrogen-bond acceptors (Lipinski definition) is 12. The second-order valence-electron chi connectivity index (χ2n) is 11.6. The zero-order chi connectivity index (χ0) is 36.6. The fraction of sp³-hybridized carbons (Fsp3) is 0.750. The van der Waals surface area contributed by atoms with Gasteiger partial charge in [0.1, 0.15) is 42.3 Å². The number of aliphatic hydroxyl groups is 4. The number of carbonyl (C=O) groups is 7. The lowest BCUT2D eigenvalue weighted by atomic mass is 9.96. The summed E-state index contributed by atoms with van der Waals surface area (Å²) in [7, 11) is 0. The molecule has 0 fully saturated rings. The maximum atomic E-state index is 13.4. The SMILES string of the molecule is CC[C@H](C)[C@H](NC(=O)[C@H](CC(C)C)NC(=O)[C@@H](NC(=O)[C@H](CO)NC(=O)[C@H](C)NC(=O)[C@@H](N)CO)[C@@H](C)O)C(=O)N[C@@H](CO)C(=O)O. The number of nitrogens with one attached hydrogen (secondary N) is 6. The number of carboxylic acids is 1. The van der Waals surface area contributed by atoms with Crippen molar-refractivity contribution < 1.29 is 59.1 Å². The number of nitrogens with two attached hydrogens (primary N) is 1. The van der Waals surface area contributed by atoms with Crippen molar-refractivity contribution in [2.24, 2.45) is 17.6 Å². The molecule has 0 unspecified atom stereocenters. The van der Waals surface area contributed by atoms with Crippen LogP contribution in [0.3, 0.4) is 0 Å². The molecule has 47 heavy (non-hydrogen) atoms. The predicted molar refractivity (Wildman–Crippen MR) is 165 cm³/mol. The van der Waals surface area contributed by atoms with Gasteiger partial charge >= 0.3 is 5.97 Å². The van der Waals surface area contributed by atoms with E-state index in [-0.39, 0.29) is 12.3 Å². The van der Waals surface area contributed by atoms with Crippen LogP contribution in [0.1, 0.15) is 54.4 Å². The Balaban J connectivity index is 5.85. The molecule has 13 N–H and O–H groups in total. The van der Waals surface area contributed by atoms with Crippen LogP contribution in [0.15, 0.2) is 0 Å². The van der Waals surface area contributed by atoms with Gasteiger partial charge in [-0.2, -0.15) is 0 Å².